The zero-order valence-corrected chi connectivity index (χ0v) is 9.09. The molecule has 14 heavy (non-hydrogen) atoms. The molecule has 2 saturated heterocycles. The van der Waals surface area contributed by atoms with Gasteiger partial charge >= 0.3 is 0 Å². The van der Waals surface area contributed by atoms with E-state index in [1.165, 1.54) is 25.8 Å². The number of amides is 1. The van der Waals surface area contributed by atoms with Crippen molar-refractivity contribution in [3.8, 4) is 0 Å². The van der Waals surface area contributed by atoms with Crippen molar-refractivity contribution in [2.24, 2.45) is 0 Å². The van der Waals surface area contributed by atoms with Crippen LogP contribution in [0.3, 0.4) is 0 Å². The van der Waals surface area contributed by atoms with Gasteiger partial charge in [-0.3, -0.25) is 4.79 Å². The highest BCUT2D eigenvalue weighted by Crippen LogP contribution is 2.12. The fourth-order valence-electron chi connectivity index (χ4n) is 2.66. The zero-order valence-electron chi connectivity index (χ0n) is 9.09. The number of carbonyl (C=O) groups excluding carboxylic acids is 1. The molecule has 0 aromatic carbocycles. The average Bonchev–Trinajstić information content (AvgIpc) is 2.56. The summed E-state index contributed by atoms with van der Waals surface area (Å²) < 4.78 is 0. The van der Waals surface area contributed by atoms with Crippen LogP contribution < -0.4 is 4.90 Å². The van der Waals surface area contributed by atoms with Gasteiger partial charge in [0.1, 0.15) is 6.04 Å². The van der Waals surface area contributed by atoms with Gasteiger partial charge in [0, 0.05) is 19.4 Å². The van der Waals surface area contributed by atoms with Gasteiger partial charge in [-0.25, -0.2) is 0 Å². The summed E-state index contributed by atoms with van der Waals surface area (Å²) in [6.45, 7) is 3.29. The Kier molecular flexibility index (Phi) is 3.06. The SMILES string of the molecule is C[NH+]1CCCCC1CN1CCCC1=O. The van der Waals surface area contributed by atoms with Crippen molar-refractivity contribution in [1.29, 1.82) is 0 Å². The standard InChI is InChI=1S/C11H20N2O/c1-12-7-3-2-5-10(12)9-13-8-4-6-11(13)14/h10H,2-9H2,1H3/p+1. The Hall–Kier alpha value is -0.570. The van der Waals surface area contributed by atoms with E-state index in [0.717, 1.165) is 25.9 Å². The molecule has 0 saturated carbocycles. The lowest BCUT2D eigenvalue weighted by molar-refractivity contribution is -0.910. The number of likely N-dealkylation sites (tertiary alicyclic amines) is 2. The number of hydrogen-bond donors (Lipinski definition) is 1. The molecule has 0 bridgehead atoms. The first-order valence-corrected chi connectivity index (χ1v) is 5.87. The van der Waals surface area contributed by atoms with E-state index in [9.17, 15) is 4.79 Å². The minimum Gasteiger partial charge on any atom is -0.337 e. The Morgan fingerprint density at radius 3 is 2.93 bits per heavy atom. The molecule has 0 aliphatic carbocycles. The molecule has 0 aromatic rings. The zero-order chi connectivity index (χ0) is 9.97. The van der Waals surface area contributed by atoms with Gasteiger partial charge in [0.15, 0.2) is 0 Å². The smallest absolute Gasteiger partial charge is 0.222 e. The largest absolute Gasteiger partial charge is 0.337 e. The molecular weight excluding hydrogens is 176 g/mol. The highest BCUT2D eigenvalue weighted by molar-refractivity contribution is 5.78. The number of quaternary nitrogens is 1. The van der Waals surface area contributed by atoms with Crippen molar-refractivity contribution in [3.05, 3.63) is 0 Å². The van der Waals surface area contributed by atoms with Gasteiger partial charge in [-0.2, -0.15) is 0 Å². The van der Waals surface area contributed by atoms with Crippen LogP contribution in [0.4, 0.5) is 0 Å². The summed E-state index contributed by atoms with van der Waals surface area (Å²) in [5.74, 6) is 0.378. The van der Waals surface area contributed by atoms with E-state index in [2.05, 4.69) is 11.9 Å². The molecule has 2 unspecified atom stereocenters. The predicted octanol–water partition coefficient (Wildman–Crippen LogP) is -0.324. The summed E-state index contributed by atoms with van der Waals surface area (Å²) in [6.07, 6.45) is 5.87. The minimum atomic E-state index is 0.378. The minimum absolute atomic E-state index is 0.378. The summed E-state index contributed by atoms with van der Waals surface area (Å²) in [5.41, 5.74) is 0. The Bertz CT molecular complexity index is 217. The summed E-state index contributed by atoms with van der Waals surface area (Å²) in [6, 6.07) is 0.700. The summed E-state index contributed by atoms with van der Waals surface area (Å²) >= 11 is 0. The molecule has 3 heteroatoms. The van der Waals surface area contributed by atoms with Crippen LogP contribution in [-0.4, -0.2) is 43.5 Å². The van der Waals surface area contributed by atoms with Crippen LogP contribution in [0.5, 0.6) is 0 Å². The highest BCUT2D eigenvalue weighted by Gasteiger charge is 2.28. The highest BCUT2D eigenvalue weighted by atomic mass is 16.2. The van der Waals surface area contributed by atoms with Crippen LogP contribution in [0.1, 0.15) is 32.1 Å². The van der Waals surface area contributed by atoms with E-state index in [0.29, 0.717) is 11.9 Å². The van der Waals surface area contributed by atoms with E-state index in [1.54, 1.807) is 4.90 Å². The molecule has 2 heterocycles. The van der Waals surface area contributed by atoms with Gasteiger partial charge in [-0.1, -0.05) is 0 Å². The number of likely N-dealkylation sites (N-methyl/N-ethyl adjacent to an activating group) is 1. The quantitative estimate of drug-likeness (QED) is 0.644. The second-order valence-corrected chi connectivity index (χ2v) is 4.73. The van der Waals surface area contributed by atoms with Crippen molar-refractivity contribution >= 4 is 5.91 Å². The number of rotatable bonds is 2. The topological polar surface area (TPSA) is 24.8 Å². The molecule has 2 aliphatic heterocycles. The van der Waals surface area contributed by atoms with E-state index in [-0.39, 0.29) is 0 Å². The number of nitrogens with zero attached hydrogens (tertiary/aromatic N) is 1. The Balaban J connectivity index is 1.86. The lowest BCUT2D eigenvalue weighted by Crippen LogP contribution is -3.14. The fourth-order valence-corrected chi connectivity index (χ4v) is 2.66. The molecular formula is C11H21N2O+. The molecule has 2 aliphatic rings. The molecule has 1 N–H and O–H groups in total. The maximum Gasteiger partial charge on any atom is 0.222 e. The molecule has 0 aromatic heterocycles. The molecule has 80 valence electrons. The first-order valence-electron chi connectivity index (χ1n) is 5.87. The maximum absolute atomic E-state index is 11.5. The van der Waals surface area contributed by atoms with Crippen LogP contribution in [0.15, 0.2) is 0 Å². The first kappa shape index (κ1) is 9.97. The molecule has 0 spiro atoms. The molecule has 2 fully saturated rings. The van der Waals surface area contributed by atoms with E-state index in [4.69, 9.17) is 0 Å². The normalized spacial score (nSPS) is 33.8. The maximum atomic E-state index is 11.5. The molecule has 2 rings (SSSR count). The number of piperidine rings is 1. The number of carbonyl (C=O) groups is 1. The molecule has 3 nitrogen and oxygen atoms in total. The summed E-state index contributed by atoms with van der Waals surface area (Å²) in [4.78, 5) is 15.2. The van der Waals surface area contributed by atoms with Crippen LogP contribution in [0.25, 0.3) is 0 Å². The summed E-state index contributed by atoms with van der Waals surface area (Å²) in [7, 11) is 2.27. The van der Waals surface area contributed by atoms with E-state index < -0.39 is 0 Å². The van der Waals surface area contributed by atoms with Crippen LogP contribution in [-0.2, 0) is 4.79 Å². The summed E-state index contributed by atoms with van der Waals surface area (Å²) in [5, 5.41) is 0. The van der Waals surface area contributed by atoms with Crippen LogP contribution in [0, 0.1) is 0 Å². The third kappa shape index (κ3) is 2.08. The Morgan fingerprint density at radius 1 is 1.43 bits per heavy atom. The van der Waals surface area contributed by atoms with Gasteiger partial charge in [0.25, 0.3) is 0 Å². The Morgan fingerprint density at radius 2 is 2.29 bits per heavy atom. The fraction of sp³-hybridized carbons (Fsp3) is 0.909. The monoisotopic (exact) mass is 197 g/mol. The number of hydrogen-bond acceptors (Lipinski definition) is 1. The van der Waals surface area contributed by atoms with Gasteiger partial charge in [-0.05, 0) is 19.3 Å². The molecule has 0 radical (unpaired) electrons. The third-order valence-corrected chi connectivity index (χ3v) is 3.68. The number of nitrogens with one attached hydrogen (secondary N) is 1. The second kappa shape index (κ2) is 4.30. The Labute approximate surface area is 86.1 Å². The van der Waals surface area contributed by atoms with Gasteiger partial charge in [0.2, 0.25) is 5.91 Å². The van der Waals surface area contributed by atoms with Crippen molar-refractivity contribution in [3.63, 3.8) is 0 Å². The van der Waals surface area contributed by atoms with Gasteiger partial charge in [0.05, 0.1) is 20.1 Å². The lowest BCUT2D eigenvalue weighted by atomic mass is 10.0. The second-order valence-electron chi connectivity index (χ2n) is 4.73. The molecule has 2 atom stereocenters. The first-order chi connectivity index (χ1) is 6.77. The van der Waals surface area contributed by atoms with Gasteiger partial charge in [-0.15, -0.1) is 0 Å². The van der Waals surface area contributed by atoms with E-state index in [1.807, 2.05) is 0 Å². The third-order valence-electron chi connectivity index (χ3n) is 3.68. The van der Waals surface area contributed by atoms with Gasteiger partial charge < -0.3 is 9.80 Å². The van der Waals surface area contributed by atoms with Crippen LogP contribution >= 0.6 is 0 Å². The molecule has 1 amide bonds. The lowest BCUT2D eigenvalue weighted by Gasteiger charge is -2.32. The van der Waals surface area contributed by atoms with Crippen molar-refractivity contribution in [1.82, 2.24) is 4.90 Å². The average molecular weight is 197 g/mol. The van der Waals surface area contributed by atoms with Crippen LogP contribution in [0.2, 0.25) is 0 Å². The van der Waals surface area contributed by atoms with Crippen molar-refractivity contribution in [2.45, 2.75) is 38.1 Å². The van der Waals surface area contributed by atoms with Crippen molar-refractivity contribution in [2.75, 3.05) is 26.7 Å². The predicted molar refractivity (Wildman–Crippen MR) is 55.2 cm³/mol. The van der Waals surface area contributed by atoms with Crippen molar-refractivity contribution < 1.29 is 9.69 Å². The van der Waals surface area contributed by atoms with E-state index >= 15 is 0 Å².